The molecule has 5 heteroatoms. The van der Waals surface area contributed by atoms with Crippen molar-refractivity contribution in [3.05, 3.63) is 0 Å². The Kier molecular flexibility index (Phi) is 2.81. The minimum absolute atomic E-state index is 0.213. The normalized spacial score (nSPS) is 38.6. The van der Waals surface area contributed by atoms with E-state index in [4.69, 9.17) is 0 Å². The SMILES string of the molecule is O=S1(=O)CCN([C@@H]2CCC[C@H]2O)CC1. The summed E-state index contributed by atoms with van der Waals surface area (Å²) in [6.45, 7) is 1.20. The summed E-state index contributed by atoms with van der Waals surface area (Å²) >= 11 is 0. The van der Waals surface area contributed by atoms with Crippen molar-refractivity contribution in [2.45, 2.75) is 31.4 Å². The van der Waals surface area contributed by atoms with Gasteiger partial charge >= 0.3 is 0 Å². The van der Waals surface area contributed by atoms with E-state index in [1.165, 1.54) is 0 Å². The Morgan fingerprint density at radius 3 is 2.29 bits per heavy atom. The van der Waals surface area contributed by atoms with Crippen molar-refractivity contribution in [3.63, 3.8) is 0 Å². The Morgan fingerprint density at radius 2 is 1.79 bits per heavy atom. The Labute approximate surface area is 84.8 Å². The minimum Gasteiger partial charge on any atom is -0.391 e. The first kappa shape index (κ1) is 10.4. The van der Waals surface area contributed by atoms with Crippen LogP contribution in [-0.4, -0.2) is 55.2 Å². The zero-order valence-corrected chi connectivity index (χ0v) is 9.04. The van der Waals surface area contributed by atoms with Gasteiger partial charge in [-0.25, -0.2) is 8.42 Å². The average Bonchev–Trinajstić information content (AvgIpc) is 2.52. The van der Waals surface area contributed by atoms with Gasteiger partial charge < -0.3 is 5.11 Å². The van der Waals surface area contributed by atoms with E-state index in [1.54, 1.807) is 0 Å². The molecule has 1 N–H and O–H groups in total. The molecule has 0 unspecified atom stereocenters. The number of nitrogens with zero attached hydrogens (tertiary/aromatic N) is 1. The van der Waals surface area contributed by atoms with Gasteiger partial charge in [0.2, 0.25) is 0 Å². The lowest BCUT2D eigenvalue weighted by molar-refractivity contribution is 0.0759. The van der Waals surface area contributed by atoms with Gasteiger partial charge in [-0.15, -0.1) is 0 Å². The monoisotopic (exact) mass is 219 g/mol. The summed E-state index contributed by atoms with van der Waals surface area (Å²) in [4.78, 5) is 2.14. The molecular formula is C9H17NO3S. The van der Waals surface area contributed by atoms with Crippen molar-refractivity contribution in [3.8, 4) is 0 Å². The third-order valence-electron chi connectivity index (χ3n) is 3.29. The van der Waals surface area contributed by atoms with E-state index < -0.39 is 9.84 Å². The summed E-state index contributed by atoms with van der Waals surface area (Å²) in [6.07, 6.45) is 2.71. The summed E-state index contributed by atoms with van der Waals surface area (Å²) in [5, 5.41) is 9.68. The van der Waals surface area contributed by atoms with Crippen LogP contribution in [0, 0.1) is 0 Å². The molecule has 2 rings (SSSR count). The fourth-order valence-electron chi connectivity index (χ4n) is 2.41. The van der Waals surface area contributed by atoms with Crippen molar-refractivity contribution in [2.24, 2.45) is 0 Å². The number of rotatable bonds is 1. The molecule has 1 saturated heterocycles. The molecule has 0 aromatic carbocycles. The molecule has 1 saturated carbocycles. The van der Waals surface area contributed by atoms with Crippen LogP contribution in [-0.2, 0) is 9.84 Å². The van der Waals surface area contributed by atoms with Crippen molar-refractivity contribution >= 4 is 9.84 Å². The van der Waals surface area contributed by atoms with Gasteiger partial charge in [0, 0.05) is 19.1 Å². The first-order valence-electron chi connectivity index (χ1n) is 5.21. The zero-order valence-electron chi connectivity index (χ0n) is 8.22. The Balaban J connectivity index is 1.95. The van der Waals surface area contributed by atoms with Crippen molar-refractivity contribution in [1.29, 1.82) is 0 Å². The quantitative estimate of drug-likeness (QED) is 0.654. The Hall–Kier alpha value is -0.130. The fourth-order valence-corrected chi connectivity index (χ4v) is 3.63. The molecule has 1 aliphatic carbocycles. The van der Waals surface area contributed by atoms with E-state index >= 15 is 0 Å². The molecule has 0 amide bonds. The zero-order chi connectivity index (χ0) is 10.2. The van der Waals surface area contributed by atoms with Crippen LogP contribution in [0.3, 0.4) is 0 Å². The Morgan fingerprint density at radius 1 is 1.14 bits per heavy atom. The summed E-state index contributed by atoms with van der Waals surface area (Å²) in [6, 6.07) is 0.213. The second-order valence-corrected chi connectivity index (χ2v) is 6.56. The highest BCUT2D eigenvalue weighted by Crippen LogP contribution is 2.25. The molecule has 4 nitrogen and oxygen atoms in total. The molecule has 1 aliphatic heterocycles. The van der Waals surface area contributed by atoms with Gasteiger partial charge in [-0.05, 0) is 19.3 Å². The summed E-state index contributed by atoms with van der Waals surface area (Å²) in [7, 11) is -2.79. The molecule has 0 radical (unpaired) electrons. The maximum atomic E-state index is 11.2. The maximum Gasteiger partial charge on any atom is 0.152 e. The molecule has 2 fully saturated rings. The van der Waals surface area contributed by atoms with E-state index in [0.29, 0.717) is 13.1 Å². The second-order valence-electron chi connectivity index (χ2n) is 4.25. The van der Waals surface area contributed by atoms with E-state index in [2.05, 4.69) is 4.90 Å². The maximum absolute atomic E-state index is 11.2. The second kappa shape index (κ2) is 3.79. The first-order valence-corrected chi connectivity index (χ1v) is 7.03. The minimum atomic E-state index is -2.79. The topological polar surface area (TPSA) is 57.6 Å². The molecule has 0 spiro atoms. The highest BCUT2D eigenvalue weighted by molar-refractivity contribution is 7.91. The lowest BCUT2D eigenvalue weighted by atomic mass is 10.2. The molecule has 0 bridgehead atoms. The van der Waals surface area contributed by atoms with Gasteiger partial charge in [0.1, 0.15) is 0 Å². The van der Waals surface area contributed by atoms with Gasteiger partial charge in [0.05, 0.1) is 17.6 Å². The first-order chi connectivity index (χ1) is 6.58. The van der Waals surface area contributed by atoms with Crippen molar-refractivity contribution < 1.29 is 13.5 Å². The predicted octanol–water partition coefficient (Wildman–Crippen LogP) is -0.370. The van der Waals surface area contributed by atoms with Gasteiger partial charge in [-0.3, -0.25) is 4.90 Å². The standard InChI is InChI=1S/C9H17NO3S/c11-9-3-1-2-8(9)10-4-6-14(12,13)7-5-10/h8-9,11H,1-7H2/t8-,9-/m1/s1. The molecular weight excluding hydrogens is 202 g/mol. The van der Waals surface area contributed by atoms with Gasteiger partial charge in [0.25, 0.3) is 0 Å². The molecule has 2 atom stereocenters. The molecule has 1 heterocycles. The number of hydrogen-bond acceptors (Lipinski definition) is 4. The van der Waals surface area contributed by atoms with E-state index in [-0.39, 0.29) is 23.7 Å². The summed E-state index contributed by atoms with van der Waals surface area (Å²) in [5.74, 6) is 0.520. The van der Waals surface area contributed by atoms with Gasteiger partial charge in [-0.1, -0.05) is 0 Å². The van der Waals surface area contributed by atoms with Crippen LogP contribution >= 0.6 is 0 Å². The third-order valence-corrected chi connectivity index (χ3v) is 4.90. The van der Waals surface area contributed by atoms with E-state index in [0.717, 1.165) is 19.3 Å². The van der Waals surface area contributed by atoms with E-state index in [9.17, 15) is 13.5 Å². The third kappa shape index (κ3) is 2.10. The van der Waals surface area contributed by atoms with Crippen LogP contribution in [0.25, 0.3) is 0 Å². The molecule has 0 aromatic rings. The largest absolute Gasteiger partial charge is 0.391 e. The van der Waals surface area contributed by atoms with Crippen LogP contribution in [0.1, 0.15) is 19.3 Å². The number of aliphatic hydroxyl groups is 1. The van der Waals surface area contributed by atoms with Crippen molar-refractivity contribution in [1.82, 2.24) is 4.90 Å². The number of hydrogen-bond donors (Lipinski definition) is 1. The van der Waals surface area contributed by atoms with E-state index in [1.807, 2.05) is 0 Å². The van der Waals surface area contributed by atoms with Crippen LogP contribution in [0.2, 0.25) is 0 Å². The highest BCUT2D eigenvalue weighted by atomic mass is 32.2. The Bertz CT molecular complexity index is 287. The van der Waals surface area contributed by atoms with Crippen LogP contribution in [0.15, 0.2) is 0 Å². The fraction of sp³-hybridized carbons (Fsp3) is 1.00. The van der Waals surface area contributed by atoms with Crippen LogP contribution in [0.5, 0.6) is 0 Å². The number of sulfone groups is 1. The van der Waals surface area contributed by atoms with Crippen molar-refractivity contribution in [2.75, 3.05) is 24.6 Å². The highest BCUT2D eigenvalue weighted by Gasteiger charge is 2.33. The van der Waals surface area contributed by atoms with Crippen LogP contribution < -0.4 is 0 Å². The van der Waals surface area contributed by atoms with Crippen LogP contribution in [0.4, 0.5) is 0 Å². The van der Waals surface area contributed by atoms with Gasteiger partial charge in [-0.2, -0.15) is 0 Å². The summed E-state index contributed by atoms with van der Waals surface area (Å²) in [5.41, 5.74) is 0. The average molecular weight is 219 g/mol. The van der Waals surface area contributed by atoms with Gasteiger partial charge in [0.15, 0.2) is 9.84 Å². The molecule has 0 aromatic heterocycles. The smallest absolute Gasteiger partial charge is 0.152 e. The lowest BCUT2D eigenvalue weighted by Gasteiger charge is -2.33. The lowest BCUT2D eigenvalue weighted by Crippen LogP contribution is -2.48. The number of aliphatic hydroxyl groups excluding tert-OH is 1. The molecule has 2 aliphatic rings. The summed E-state index contributed by atoms with van der Waals surface area (Å²) < 4.78 is 22.4. The molecule has 14 heavy (non-hydrogen) atoms. The predicted molar refractivity (Wildman–Crippen MR) is 53.9 cm³/mol. The molecule has 82 valence electrons.